The first kappa shape index (κ1) is 15.5. The third-order valence-corrected chi connectivity index (χ3v) is 4.07. The van der Waals surface area contributed by atoms with E-state index in [1.165, 1.54) is 0 Å². The number of rotatable bonds is 3. The molecule has 0 radical (unpaired) electrons. The van der Waals surface area contributed by atoms with Crippen LogP contribution in [0.1, 0.15) is 20.8 Å². The molecule has 1 atom stereocenters. The summed E-state index contributed by atoms with van der Waals surface area (Å²) in [7, 11) is 0. The summed E-state index contributed by atoms with van der Waals surface area (Å²) in [6.07, 6.45) is -0.565. The van der Waals surface area contributed by atoms with Gasteiger partial charge in [0.15, 0.2) is 0 Å². The molecular formula is C11H20N2O3S2. The molecule has 7 heteroatoms. The topological polar surface area (TPSA) is 58.6 Å². The monoisotopic (exact) mass is 292 g/mol. The first-order valence-corrected chi connectivity index (χ1v) is 7.50. The van der Waals surface area contributed by atoms with Gasteiger partial charge in [0.2, 0.25) is 5.91 Å². The van der Waals surface area contributed by atoms with Crippen molar-refractivity contribution in [2.45, 2.75) is 31.7 Å². The van der Waals surface area contributed by atoms with E-state index < -0.39 is 11.7 Å². The quantitative estimate of drug-likeness (QED) is 0.771. The van der Waals surface area contributed by atoms with Gasteiger partial charge in [0.25, 0.3) is 0 Å². The third kappa shape index (κ3) is 4.97. The Morgan fingerprint density at radius 2 is 2.17 bits per heavy atom. The third-order valence-electron chi connectivity index (χ3n) is 2.25. The molecule has 2 amide bonds. The molecule has 0 spiro atoms. The van der Waals surface area contributed by atoms with Crippen LogP contribution < -0.4 is 5.32 Å². The Hall–Kier alpha value is -0.560. The van der Waals surface area contributed by atoms with Crippen molar-refractivity contribution in [2.75, 3.05) is 24.6 Å². The number of thioether (sulfide) groups is 1. The molecule has 1 unspecified atom stereocenters. The average molecular weight is 292 g/mol. The van der Waals surface area contributed by atoms with E-state index >= 15 is 0 Å². The van der Waals surface area contributed by atoms with E-state index in [1.54, 1.807) is 37.4 Å². The van der Waals surface area contributed by atoms with Crippen LogP contribution in [0.5, 0.6) is 0 Å². The van der Waals surface area contributed by atoms with Crippen molar-refractivity contribution in [3.63, 3.8) is 0 Å². The zero-order valence-corrected chi connectivity index (χ0v) is 12.6. The SMILES string of the molecule is CC(C)(C)OC(=O)NCC(=O)N1CCSC1CS. The number of nitrogens with one attached hydrogen (secondary N) is 1. The Morgan fingerprint density at radius 3 is 2.72 bits per heavy atom. The molecule has 1 fully saturated rings. The number of carbonyl (C=O) groups is 2. The van der Waals surface area contributed by atoms with Crippen LogP contribution in [0, 0.1) is 0 Å². The lowest BCUT2D eigenvalue weighted by molar-refractivity contribution is -0.130. The van der Waals surface area contributed by atoms with Gasteiger partial charge in [-0.2, -0.15) is 12.6 Å². The van der Waals surface area contributed by atoms with E-state index in [4.69, 9.17) is 4.74 Å². The normalized spacial score (nSPS) is 19.8. The Balaban J connectivity index is 2.35. The molecule has 5 nitrogen and oxygen atoms in total. The van der Waals surface area contributed by atoms with Crippen molar-refractivity contribution < 1.29 is 14.3 Å². The van der Waals surface area contributed by atoms with Crippen LogP contribution in [0.25, 0.3) is 0 Å². The number of hydrogen-bond acceptors (Lipinski definition) is 5. The highest BCUT2D eigenvalue weighted by Crippen LogP contribution is 2.24. The van der Waals surface area contributed by atoms with Crippen molar-refractivity contribution in [1.29, 1.82) is 0 Å². The van der Waals surface area contributed by atoms with E-state index in [0.29, 0.717) is 12.3 Å². The first-order chi connectivity index (χ1) is 8.33. The van der Waals surface area contributed by atoms with Crippen LogP contribution >= 0.6 is 24.4 Å². The molecule has 0 aromatic carbocycles. The van der Waals surface area contributed by atoms with E-state index in [9.17, 15) is 9.59 Å². The van der Waals surface area contributed by atoms with Crippen molar-refractivity contribution in [3.05, 3.63) is 0 Å². The second-order valence-electron chi connectivity index (χ2n) is 4.95. The molecular weight excluding hydrogens is 272 g/mol. The van der Waals surface area contributed by atoms with Crippen LogP contribution in [0.15, 0.2) is 0 Å². The van der Waals surface area contributed by atoms with Crippen molar-refractivity contribution in [3.8, 4) is 0 Å². The fourth-order valence-electron chi connectivity index (χ4n) is 1.52. The minimum absolute atomic E-state index is 0.0280. The molecule has 1 aliphatic heterocycles. The molecule has 1 rings (SSSR count). The van der Waals surface area contributed by atoms with Gasteiger partial charge in [-0.15, -0.1) is 11.8 Å². The van der Waals surface area contributed by atoms with Gasteiger partial charge in [0.05, 0.1) is 5.37 Å². The maximum absolute atomic E-state index is 11.9. The Morgan fingerprint density at radius 1 is 1.50 bits per heavy atom. The van der Waals surface area contributed by atoms with E-state index in [2.05, 4.69) is 17.9 Å². The average Bonchev–Trinajstić information content (AvgIpc) is 2.71. The fourth-order valence-corrected chi connectivity index (χ4v) is 3.12. The van der Waals surface area contributed by atoms with Crippen LogP contribution in [0.3, 0.4) is 0 Å². The van der Waals surface area contributed by atoms with E-state index in [0.717, 1.165) is 5.75 Å². The lowest BCUT2D eigenvalue weighted by Crippen LogP contribution is -2.44. The van der Waals surface area contributed by atoms with Crippen molar-refractivity contribution in [1.82, 2.24) is 10.2 Å². The summed E-state index contributed by atoms with van der Waals surface area (Å²) < 4.78 is 5.06. The zero-order valence-electron chi connectivity index (χ0n) is 10.9. The summed E-state index contributed by atoms with van der Waals surface area (Å²) in [6, 6.07) is 0. The minimum atomic E-state index is -0.565. The second kappa shape index (κ2) is 6.56. The molecule has 1 saturated heterocycles. The van der Waals surface area contributed by atoms with Crippen LogP contribution in [-0.4, -0.2) is 52.5 Å². The molecule has 1 heterocycles. The molecule has 0 aliphatic carbocycles. The highest BCUT2D eigenvalue weighted by Gasteiger charge is 2.28. The van der Waals surface area contributed by atoms with Gasteiger partial charge in [-0.1, -0.05) is 0 Å². The molecule has 0 bridgehead atoms. The van der Waals surface area contributed by atoms with Crippen molar-refractivity contribution >= 4 is 36.4 Å². The van der Waals surface area contributed by atoms with Gasteiger partial charge in [-0.3, -0.25) is 4.79 Å². The maximum Gasteiger partial charge on any atom is 0.408 e. The summed E-state index contributed by atoms with van der Waals surface area (Å²) in [5.74, 6) is 1.46. The first-order valence-electron chi connectivity index (χ1n) is 5.82. The predicted molar refractivity (Wildman–Crippen MR) is 76.0 cm³/mol. The summed E-state index contributed by atoms with van der Waals surface area (Å²) in [5, 5.41) is 2.59. The minimum Gasteiger partial charge on any atom is -0.444 e. The van der Waals surface area contributed by atoms with Crippen LogP contribution in [0.2, 0.25) is 0 Å². The van der Waals surface area contributed by atoms with E-state index in [1.807, 2.05) is 0 Å². The molecule has 1 N–H and O–H groups in total. The number of alkyl carbamates (subject to hydrolysis) is 1. The Bertz CT molecular complexity index is 318. The summed E-state index contributed by atoms with van der Waals surface area (Å²) >= 11 is 5.92. The molecule has 0 aromatic rings. The summed E-state index contributed by atoms with van der Waals surface area (Å²) in [4.78, 5) is 25.0. The van der Waals surface area contributed by atoms with Gasteiger partial charge < -0.3 is 15.0 Å². The standard InChI is InChI=1S/C11H20N2O3S2/c1-11(2,3)16-10(15)12-6-8(14)13-4-5-18-9(13)7-17/h9,17H,4-7H2,1-3H3,(H,12,15). The smallest absolute Gasteiger partial charge is 0.408 e. The Kier molecular flexibility index (Phi) is 5.65. The predicted octanol–water partition coefficient (Wildman–Crippen LogP) is 1.34. The van der Waals surface area contributed by atoms with Crippen molar-refractivity contribution in [2.24, 2.45) is 0 Å². The van der Waals surface area contributed by atoms with Crippen LogP contribution in [0.4, 0.5) is 4.79 Å². The number of thiol groups is 1. The Labute approximate surface area is 117 Å². The van der Waals surface area contributed by atoms with Gasteiger partial charge in [0, 0.05) is 18.1 Å². The van der Waals surface area contributed by atoms with E-state index in [-0.39, 0.29) is 17.8 Å². The maximum atomic E-state index is 11.9. The highest BCUT2D eigenvalue weighted by molar-refractivity contribution is 8.00. The molecule has 1 aliphatic rings. The molecule has 104 valence electrons. The summed E-state index contributed by atoms with van der Waals surface area (Å²) in [5.41, 5.74) is -0.551. The number of hydrogen-bond donors (Lipinski definition) is 2. The summed E-state index contributed by atoms with van der Waals surface area (Å²) in [6.45, 7) is 6.03. The molecule has 18 heavy (non-hydrogen) atoms. The lowest BCUT2D eigenvalue weighted by Gasteiger charge is -2.23. The number of nitrogens with zero attached hydrogens (tertiary/aromatic N) is 1. The fraction of sp³-hybridized carbons (Fsp3) is 0.818. The number of ether oxygens (including phenoxy) is 1. The number of carbonyl (C=O) groups excluding carboxylic acids is 2. The highest BCUT2D eigenvalue weighted by atomic mass is 32.2. The molecule has 0 aromatic heterocycles. The molecule has 0 saturated carbocycles. The van der Waals surface area contributed by atoms with Gasteiger partial charge >= 0.3 is 6.09 Å². The largest absolute Gasteiger partial charge is 0.444 e. The number of amides is 2. The van der Waals surface area contributed by atoms with Gasteiger partial charge in [-0.05, 0) is 20.8 Å². The lowest BCUT2D eigenvalue weighted by atomic mass is 10.2. The zero-order chi connectivity index (χ0) is 13.8. The van der Waals surface area contributed by atoms with Gasteiger partial charge in [-0.25, -0.2) is 4.79 Å². The second-order valence-corrected chi connectivity index (χ2v) is 6.60. The van der Waals surface area contributed by atoms with Crippen LogP contribution in [-0.2, 0) is 9.53 Å². The van der Waals surface area contributed by atoms with Gasteiger partial charge in [0.1, 0.15) is 12.1 Å².